The molecule has 0 aliphatic carbocycles. The van der Waals surface area contributed by atoms with Crippen LogP contribution in [-0.2, 0) is 4.74 Å². The molecule has 16 heavy (non-hydrogen) atoms. The van der Waals surface area contributed by atoms with Gasteiger partial charge < -0.3 is 20.5 Å². The van der Waals surface area contributed by atoms with Crippen LogP contribution in [0.25, 0.3) is 0 Å². The molecule has 0 rings (SSSR count). The number of aliphatic hydroxyl groups is 1. The molecule has 4 nitrogen and oxygen atoms in total. The Balaban J connectivity index is 3.58. The Bertz CT molecular complexity index is 174. The second kappa shape index (κ2) is 8.01. The quantitative estimate of drug-likeness (QED) is 0.578. The Morgan fingerprint density at radius 1 is 1.44 bits per heavy atom. The number of nitrogens with zero attached hydrogens (tertiary/aromatic N) is 1. The third kappa shape index (κ3) is 7.17. The first-order chi connectivity index (χ1) is 7.43. The summed E-state index contributed by atoms with van der Waals surface area (Å²) in [5.74, 6) is 0. The summed E-state index contributed by atoms with van der Waals surface area (Å²) in [5, 5.41) is 9.01. The molecule has 2 atom stereocenters. The normalized spacial score (nSPS) is 17.4. The number of unbranched alkanes of at least 4 members (excludes halogenated alkanes) is 1. The lowest BCUT2D eigenvalue weighted by Gasteiger charge is -2.25. The Morgan fingerprint density at radius 2 is 2.06 bits per heavy atom. The Hall–Kier alpha value is -0.160. The molecule has 0 heterocycles. The Kier molecular flexibility index (Phi) is 7.93. The minimum Gasteiger partial charge on any atom is -0.394 e. The van der Waals surface area contributed by atoms with Gasteiger partial charge in [-0.2, -0.15) is 0 Å². The number of rotatable bonds is 9. The number of aliphatic hydroxyl groups excluding tert-OH is 1. The van der Waals surface area contributed by atoms with Crippen molar-refractivity contribution in [3.8, 4) is 0 Å². The third-order valence-corrected chi connectivity index (χ3v) is 3.03. The summed E-state index contributed by atoms with van der Waals surface area (Å²) in [6.45, 7) is 5.92. The minimum atomic E-state index is -0.420. The van der Waals surface area contributed by atoms with E-state index in [0.717, 1.165) is 32.4 Å². The van der Waals surface area contributed by atoms with Crippen molar-refractivity contribution in [2.24, 2.45) is 5.73 Å². The van der Waals surface area contributed by atoms with Crippen LogP contribution in [0.3, 0.4) is 0 Å². The fourth-order valence-corrected chi connectivity index (χ4v) is 1.56. The van der Waals surface area contributed by atoms with Crippen molar-refractivity contribution >= 4 is 0 Å². The molecule has 0 saturated carbocycles. The van der Waals surface area contributed by atoms with Crippen molar-refractivity contribution in [3.63, 3.8) is 0 Å². The molecule has 0 aromatic heterocycles. The first-order valence-corrected chi connectivity index (χ1v) is 6.02. The van der Waals surface area contributed by atoms with Gasteiger partial charge in [0.25, 0.3) is 0 Å². The highest BCUT2D eigenvalue weighted by molar-refractivity contribution is 4.77. The lowest BCUT2D eigenvalue weighted by molar-refractivity contribution is 0.113. The highest BCUT2D eigenvalue weighted by atomic mass is 16.5. The summed E-state index contributed by atoms with van der Waals surface area (Å²) in [6.07, 6.45) is 3.03. The zero-order valence-electron chi connectivity index (χ0n) is 11.2. The van der Waals surface area contributed by atoms with E-state index >= 15 is 0 Å². The van der Waals surface area contributed by atoms with Gasteiger partial charge in [-0.3, -0.25) is 0 Å². The second-order valence-corrected chi connectivity index (χ2v) is 5.05. The zero-order valence-corrected chi connectivity index (χ0v) is 11.2. The van der Waals surface area contributed by atoms with Gasteiger partial charge in [-0.1, -0.05) is 6.42 Å². The van der Waals surface area contributed by atoms with E-state index < -0.39 is 5.54 Å². The van der Waals surface area contributed by atoms with Gasteiger partial charge in [-0.15, -0.1) is 0 Å². The van der Waals surface area contributed by atoms with Crippen molar-refractivity contribution in [3.05, 3.63) is 0 Å². The van der Waals surface area contributed by atoms with Crippen LogP contribution in [-0.4, -0.2) is 55.5 Å². The monoisotopic (exact) mass is 232 g/mol. The van der Waals surface area contributed by atoms with Crippen LogP contribution in [0.5, 0.6) is 0 Å². The van der Waals surface area contributed by atoms with E-state index in [1.807, 2.05) is 6.92 Å². The first kappa shape index (κ1) is 15.8. The Labute approximate surface area is 99.8 Å². The molecule has 0 fully saturated rings. The van der Waals surface area contributed by atoms with E-state index in [2.05, 4.69) is 18.9 Å². The fraction of sp³-hybridized carbons (Fsp3) is 1.00. The maximum atomic E-state index is 9.01. The molecule has 4 heteroatoms. The average Bonchev–Trinajstić information content (AvgIpc) is 2.24. The van der Waals surface area contributed by atoms with Crippen LogP contribution in [0.4, 0.5) is 0 Å². The highest BCUT2D eigenvalue weighted by Crippen LogP contribution is 2.10. The summed E-state index contributed by atoms with van der Waals surface area (Å²) in [4.78, 5) is 2.29. The van der Waals surface area contributed by atoms with Crippen LogP contribution < -0.4 is 5.73 Å². The van der Waals surface area contributed by atoms with Gasteiger partial charge in [0.2, 0.25) is 0 Å². The van der Waals surface area contributed by atoms with E-state index in [1.54, 1.807) is 7.11 Å². The van der Waals surface area contributed by atoms with Gasteiger partial charge in [-0.05, 0) is 40.3 Å². The standard InChI is InChI=1S/C12H28N2O2/c1-11(9-16-4)14(3)8-6-5-7-12(2,13)10-15/h11,15H,5-10,13H2,1-4H3. The molecular weight excluding hydrogens is 204 g/mol. The number of nitrogens with two attached hydrogens (primary N) is 1. The first-order valence-electron chi connectivity index (χ1n) is 6.02. The number of ether oxygens (including phenoxy) is 1. The summed E-state index contributed by atoms with van der Waals surface area (Å²) in [6, 6.07) is 0.451. The van der Waals surface area contributed by atoms with E-state index in [-0.39, 0.29) is 6.61 Å². The molecule has 0 bridgehead atoms. The molecule has 0 aliphatic rings. The zero-order chi connectivity index (χ0) is 12.6. The van der Waals surface area contributed by atoms with Crippen molar-refractivity contribution in [1.29, 1.82) is 0 Å². The van der Waals surface area contributed by atoms with Gasteiger partial charge in [0.1, 0.15) is 0 Å². The van der Waals surface area contributed by atoms with Crippen LogP contribution >= 0.6 is 0 Å². The van der Waals surface area contributed by atoms with E-state index in [1.165, 1.54) is 0 Å². The van der Waals surface area contributed by atoms with E-state index in [9.17, 15) is 0 Å². The Morgan fingerprint density at radius 3 is 2.56 bits per heavy atom. The van der Waals surface area contributed by atoms with Gasteiger partial charge in [0.15, 0.2) is 0 Å². The molecule has 0 radical (unpaired) electrons. The molecule has 3 N–H and O–H groups in total. The van der Waals surface area contributed by atoms with Crippen LogP contribution in [0, 0.1) is 0 Å². The van der Waals surface area contributed by atoms with Crippen molar-refractivity contribution < 1.29 is 9.84 Å². The van der Waals surface area contributed by atoms with Crippen LogP contribution in [0.1, 0.15) is 33.1 Å². The second-order valence-electron chi connectivity index (χ2n) is 5.05. The predicted octanol–water partition coefficient (Wildman–Crippen LogP) is 0.833. The number of likely N-dealkylation sites (N-methyl/N-ethyl adjacent to an activating group) is 1. The van der Waals surface area contributed by atoms with Crippen molar-refractivity contribution in [2.45, 2.75) is 44.7 Å². The largest absolute Gasteiger partial charge is 0.394 e. The summed E-state index contributed by atoms with van der Waals surface area (Å²) in [5.41, 5.74) is 5.44. The number of hydrogen-bond donors (Lipinski definition) is 2. The molecule has 0 spiro atoms. The van der Waals surface area contributed by atoms with Crippen molar-refractivity contribution in [1.82, 2.24) is 4.90 Å². The third-order valence-electron chi connectivity index (χ3n) is 3.03. The molecule has 0 amide bonds. The summed E-state index contributed by atoms with van der Waals surface area (Å²) >= 11 is 0. The smallest absolute Gasteiger partial charge is 0.0615 e. The van der Waals surface area contributed by atoms with E-state index in [4.69, 9.17) is 15.6 Å². The van der Waals surface area contributed by atoms with Crippen LogP contribution in [0.15, 0.2) is 0 Å². The van der Waals surface area contributed by atoms with Gasteiger partial charge in [0, 0.05) is 18.7 Å². The van der Waals surface area contributed by atoms with Gasteiger partial charge in [-0.25, -0.2) is 0 Å². The maximum absolute atomic E-state index is 9.01. The van der Waals surface area contributed by atoms with Crippen LogP contribution in [0.2, 0.25) is 0 Å². The molecule has 98 valence electrons. The molecule has 0 aromatic rings. The lowest BCUT2D eigenvalue weighted by atomic mass is 9.97. The molecule has 2 unspecified atom stereocenters. The summed E-state index contributed by atoms with van der Waals surface area (Å²) in [7, 11) is 3.84. The molecule has 0 aliphatic heterocycles. The van der Waals surface area contributed by atoms with E-state index in [0.29, 0.717) is 6.04 Å². The number of methoxy groups -OCH3 is 1. The van der Waals surface area contributed by atoms with Gasteiger partial charge in [0.05, 0.1) is 13.2 Å². The SMILES string of the molecule is COCC(C)N(C)CCCCC(C)(N)CO. The predicted molar refractivity (Wildman–Crippen MR) is 67.5 cm³/mol. The lowest BCUT2D eigenvalue weighted by Crippen LogP contribution is -2.40. The average molecular weight is 232 g/mol. The van der Waals surface area contributed by atoms with Crippen molar-refractivity contribution in [2.75, 3.05) is 33.9 Å². The fourth-order valence-electron chi connectivity index (χ4n) is 1.56. The maximum Gasteiger partial charge on any atom is 0.0615 e. The molecular formula is C12H28N2O2. The summed E-state index contributed by atoms with van der Waals surface area (Å²) < 4.78 is 5.11. The topological polar surface area (TPSA) is 58.7 Å². The highest BCUT2D eigenvalue weighted by Gasteiger charge is 2.16. The van der Waals surface area contributed by atoms with Gasteiger partial charge >= 0.3 is 0 Å². The minimum absolute atomic E-state index is 0.0584. The number of hydrogen-bond acceptors (Lipinski definition) is 4. The molecule has 0 saturated heterocycles. The molecule has 0 aromatic carbocycles.